The summed E-state index contributed by atoms with van der Waals surface area (Å²) in [5, 5.41) is 2.74. The number of aldehydes is 2. The zero-order chi connectivity index (χ0) is 15.7. The fourth-order valence-corrected chi connectivity index (χ4v) is 4.73. The zero-order valence-corrected chi connectivity index (χ0v) is 13.7. The molecule has 2 heterocycles. The van der Waals surface area contributed by atoms with Crippen LogP contribution in [0, 0.1) is 12.8 Å². The minimum absolute atomic E-state index is 0.115. The number of rotatable bonds is 4. The third kappa shape index (κ3) is 2.61. The van der Waals surface area contributed by atoms with Crippen molar-refractivity contribution < 1.29 is 9.59 Å². The van der Waals surface area contributed by atoms with Gasteiger partial charge in [-0.1, -0.05) is 11.6 Å². The van der Waals surface area contributed by atoms with Gasteiger partial charge in [0.25, 0.3) is 0 Å². The molecule has 0 saturated carbocycles. The van der Waals surface area contributed by atoms with Crippen LogP contribution < -0.4 is 0 Å². The molecule has 1 aliphatic carbocycles. The van der Waals surface area contributed by atoms with E-state index in [4.69, 9.17) is 11.6 Å². The molecule has 0 radical (unpaired) electrons. The van der Waals surface area contributed by atoms with Crippen LogP contribution in [0.4, 0.5) is 0 Å². The second-order valence-corrected chi connectivity index (χ2v) is 7.07. The molecule has 0 spiro atoms. The van der Waals surface area contributed by atoms with Gasteiger partial charge in [0.1, 0.15) is 12.6 Å². The van der Waals surface area contributed by atoms with Crippen molar-refractivity contribution in [3.63, 3.8) is 0 Å². The van der Waals surface area contributed by atoms with Crippen molar-refractivity contribution in [1.82, 2.24) is 4.98 Å². The number of fused-ring (bicyclic) bond motifs is 1. The molecule has 1 aliphatic rings. The summed E-state index contributed by atoms with van der Waals surface area (Å²) >= 11 is 7.90. The Bertz CT molecular complexity index is 704. The maximum Gasteiger partial charge on any atom is 0.130 e. The van der Waals surface area contributed by atoms with Crippen molar-refractivity contribution in [3.8, 4) is 0 Å². The molecule has 2 atom stereocenters. The minimum Gasteiger partial charge on any atom is -0.303 e. The van der Waals surface area contributed by atoms with Gasteiger partial charge in [-0.3, -0.25) is 4.98 Å². The number of hydrogen-bond donors (Lipinski definition) is 0. The second-order valence-electron chi connectivity index (χ2n) is 5.71. The molecule has 0 bridgehead atoms. The molecule has 0 fully saturated rings. The predicted octanol–water partition coefficient (Wildman–Crippen LogP) is 3.93. The Morgan fingerprint density at radius 3 is 2.77 bits per heavy atom. The number of aryl methyl sites for hydroxylation is 1. The Labute approximate surface area is 138 Å². The van der Waals surface area contributed by atoms with E-state index < -0.39 is 5.92 Å². The monoisotopic (exact) mass is 333 g/mol. The number of aromatic nitrogens is 1. The minimum atomic E-state index is -0.622. The molecule has 2 aromatic heterocycles. The Hall–Kier alpha value is -1.52. The Morgan fingerprint density at radius 1 is 1.36 bits per heavy atom. The van der Waals surface area contributed by atoms with Crippen molar-refractivity contribution in [2.45, 2.75) is 31.6 Å². The summed E-state index contributed by atoms with van der Waals surface area (Å²) < 4.78 is 0. The van der Waals surface area contributed by atoms with E-state index in [0.717, 1.165) is 52.1 Å². The van der Waals surface area contributed by atoms with Gasteiger partial charge in [-0.05, 0) is 48.4 Å². The summed E-state index contributed by atoms with van der Waals surface area (Å²) in [5.41, 5.74) is 3.15. The molecule has 0 aliphatic heterocycles. The average Bonchev–Trinajstić information content (AvgIpc) is 2.94. The van der Waals surface area contributed by atoms with Gasteiger partial charge in [0.05, 0.1) is 10.9 Å². The van der Waals surface area contributed by atoms with E-state index in [1.807, 2.05) is 24.4 Å². The van der Waals surface area contributed by atoms with Crippen molar-refractivity contribution in [3.05, 3.63) is 50.4 Å². The molecule has 3 nitrogen and oxygen atoms in total. The Kier molecular flexibility index (Phi) is 4.41. The van der Waals surface area contributed by atoms with Gasteiger partial charge in [-0.2, -0.15) is 0 Å². The van der Waals surface area contributed by atoms with Crippen LogP contribution in [0.15, 0.2) is 23.7 Å². The van der Waals surface area contributed by atoms with E-state index in [0.29, 0.717) is 0 Å². The van der Waals surface area contributed by atoms with Crippen LogP contribution in [0.3, 0.4) is 0 Å². The summed E-state index contributed by atoms with van der Waals surface area (Å²) in [5.74, 6) is -0.527. The zero-order valence-electron chi connectivity index (χ0n) is 12.2. The molecule has 114 valence electrons. The SMILES string of the molecule is Cc1ccnc2c1C(C(C=O)C=O)CC(c1sccc1Cl)C2. The lowest BCUT2D eigenvalue weighted by Crippen LogP contribution is -2.26. The first-order valence-electron chi connectivity index (χ1n) is 7.23. The maximum atomic E-state index is 11.3. The van der Waals surface area contributed by atoms with Crippen LogP contribution in [-0.4, -0.2) is 17.6 Å². The fraction of sp³-hybridized carbons (Fsp3) is 0.353. The molecule has 0 saturated heterocycles. The van der Waals surface area contributed by atoms with Crippen LogP contribution in [0.5, 0.6) is 0 Å². The van der Waals surface area contributed by atoms with Crippen LogP contribution in [-0.2, 0) is 16.0 Å². The molecule has 0 amide bonds. The third-order valence-corrected chi connectivity index (χ3v) is 5.96. The van der Waals surface area contributed by atoms with Crippen LogP contribution in [0.1, 0.15) is 40.0 Å². The lowest BCUT2D eigenvalue weighted by atomic mass is 9.72. The van der Waals surface area contributed by atoms with Crippen LogP contribution in [0.25, 0.3) is 0 Å². The first-order valence-corrected chi connectivity index (χ1v) is 8.49. The van der Waals surface area contributed by atoms with Gasteiger partial charge >= 0.3 is 0 Å². The summed E-state index contributed by atoms with van der Waals surface area (Å²) in [7, 11) is 0. The van der Waals surface area contributed by atoms with E-state index in [9.17, 15) is 9.59 Å². The van der Waals surface area contributed by atoms with E-state index in [2.05, 4.69) is 4.98 Å². The lowest BCUT2D eigenvalue weighted by Gasteiger charge is -2.33. The van der Waals surface area contributed by atoms with Gasteiger partial charge in [0.15, 0.2) is 0 Å². The van der Waals surface area contributed by atoms with E-state index in [1.165, 1.54) is 0 Å². The van der Waals surface area contributed by atoms with Gasteiger partial charge < -0.3 is 9.59 Å². The quantitative estimate of drug-likeness (QED) is 0.629. The highest BCUT2D eigenvalue weighted by Gasteiger charge is 2.35. The normalized spacial score (nSPS) is 20.7. The molecule has 22 heavy (non-hydrogen) atoms. The number of thiophene rings is 1. The highest BCUT2D eigenvalue weighted by atomic mass is 35.5. The maximum absolute atomic E-state index is 11.3. The summed E-state index contributed by atoms with van der Waals surface area (Å²) in [6.07, 6.45) is 4.86. The summed E-state index contributed by atoms with van der Waals surface area (Å²) in [4.78, 5) is 28.3. The third-order valence-electron chi connectivity index (χ3n) is 4.43. The van der Waals surface area contributed by atoms with E-state index in [1.54, 1.807) is 17.5 Å². The molecular weight excluding hydrogens is 318 g/mol. The van der Waals surface area contributed by atoms with Crippen LogP contribution >= 0.6 is 22.9 Å². The topological polar surface area (TPSA) is 47.0 Å². The Morgan fingerprint density at radius 2 is 2.14 bits per heavy atom. The van der Waals surface area contributed by atoms with E-state index in [-0.39, 0.29) is 11.8 Å². The highest BCUT2D eigenvalue weighted by molar-refractivity contribution is 7.10. The molecule has 3 rings (SSSR count). The van der Waals surface area contributed by atoms with Crippen molar-refractivity contribution >= 4 is 35.5 Å². The van der Waals surface area contributed by atoms with Crippen LogP contribution in [0.2, 0.25) is 5.02 Å². The molecular formula is C17H16ClNO2S. The standard InChI is InChI=1S/C17H16ClNO2S/c1-10-2-4-19-15-7-11(17-14(18)3-5-22-17)6-13(16(10)15)12(8-20)9-21/h2-5,8-9,11-13H,6-7H2,1H3. The van der Waals surface area contributed by atoms with Crippen molar-refractivity contribution in [2.75, 3.05) is 0 Å². The Balaban J connectivity index is 2.07. The summed E-state index contributed by atoms with van der Waals surface area (Å²) in [6.45, 7) is 2.01. The summed E-state index contributed by atoms with van der Waals surface area (Å²) in [6, 6.07) is 3.84. The van der Waals surface area contributed by atoms with E-state index >= 15 is 0 Å². The second kappa shape index (κ2) is 6.31. The molecule has 2 unspecified atom stereocenters. The first kappa shape index (κ1) is 15.4. The molecule has 5 heteroatoms. The number of carbonyl (C=O) groups excluding carboxylic acids is 2. The number of hydrogen-bond acceptors (Lipinski definition) is 4. The highest BCUT2D eigenvalue weighted by Crippen LogP contribution is 2.46. The van der Waals surface area contributed by atoms with Crippen molar-refractivity contribution in [2.24, 2.45) is 5.92 Å². The number of carbonyl (C=O) groups is 2. The number of halogens is 1. The average molecular weight is 334 g/mol. The van der Waals surface area contributed by atoms with Gasteiger partial charge in [-0.15, -0.1) is 11.3 Å². The van der Waals surface area contributed by atoms with Gasteiger partial charge in [0.2, 0.25) is 0 Å². The molecule has 0 N–H and O–H groups in total. The lowest BCUT2D eigenvalue weighted by molar-refractivity contribution is -0.120. The first-order chi connectivity index (χ1) is 10.7. The predicted molar refractivity (Wildman–Crippen MR) is 87.7 cm³/mol. The smallest absolute Gasteiger partial charge is 0.130 e. The van der Waals surface area contributed by atoms with Gasteiger partial charge in [0, 0.05) is 28.6 Å². The number of nitrogens with zero attached hydrogens (tertiary/aromatic N) is 1. The number of pyridine rings is 1. The largest absolute Gasteiger partial charge is 0.303 e. The fourth-order valence-electron chi connectivity index (χ4n) is 3.40. The molecule has 2 aromatic rings. The van der Waals surface area contributed by atoms with Crippen molar-refractivity contribution in [1.29, 1.82) is 0 Å². The molecule has 0 aromatic carbocycles. The van der Waals surface area contributed by atoms with Gasteiger partial charge in [-0.25, -0.2) is 0 Å².